The van der Waals surface area contributed by atoms with Crippen molar-refractivity contribution in [1.82, 2.24) is 4.98 Å². The van der Waals surface area contributed by atoms with E-state index in [-0.39, 0.29) is 5.91 Å². The summed E-state index contributed by atoms with van der Waals surface area (Å²) in [5.74, 6) is -0.0727. The molecule has 4 rings (SSSR count). The summed E-state index contributed by atoms with van der Waals surface area (Å²) in [6.07, 6.45) is 2.12. The highest BCUT2D eigenvalue weighted by Gasteiger charge is 2.20. The molecule has 0 bridgehead atoms. The van der Waals surface area contributed by atoms with Gasteiger partial charge in [-0.25, -0.2) is 4.98 Å². The van der Waals surface area contributed by atoms with Crippen LogP contribution in [0.5, 0.6) is 0 Å². The van der Waals surface area contributed by atoms with Crippen LogP contribution in [0.15, 0.2) is 41.8 Å². The number of amides is 1. The Hall–Kier alpha value is -2.08. The van der Waals surface area contributed by atoms with Crippen molar-refractivity contribution >= 4 is 51.3 Å². The molecule has 28 heavy (non-hydrogen) atoms. The minimum absolute atomic E-state index is 0.0727. The molecule has 1 aromatic heterocycles. The first-order valence-electron chi connectivity index (χ1n) is 9.05. The molecule has 0 radical (unpaired) electrons. The molecule has 0 saturated carbocycles. The van der Waals surface area contributed by atoms with Crippen LogP contribution in [0.1, 0.15) is 17.5 Å². The van der Waals surface area contributed by atoms with Gasteiger partial charge in [-0.2, -0.15) is 0 Å². The maximum absolute atomic E-state index is 12.6. The number of fused-ring (bicyclic) bond motifs is 1. The van der Waals surface area contributed by atoms with E-state index >= 15 is 0 Å². The lowest BCUT2D eigenvalue weighted by Gasteiger charge is -2.30. The number of nitrogens with zero attached hydrogens (tertiary/aromatic N) is 2. The van der Waals surface area contributed by atoms with Crippen LogP contribution in [0, 0.1) is 6.92 Å². The number of hydrogen-bond donors (Lipinski definition) is 1. The van der Waals surface area contributed by atoms with Gasteiger partial charge in [-0.15, -0.1) is 11.3 Å². The number of carbonyl (C=O) groups excluding carboxylic acids is 1. The van der Waals surface area contributed by atoms with Crippen LogP contribution < -0.4 is 10.2 Å². The fourth-order valence-electron chi connectivity index (χ4n) is 3.45. The summed E-state index contributed by atoms with van der Waals surface area (Å²) in [7, 11) is 0. The summed E-state index contributed by atoms with van der Waals surface area (Å²) < 4.78 is 0. The number of halogens is 2. The van der Waals surface area contributed by atoms with E-state index in [2.05, 4.69) is 40.3 Å². The topological polar surface area (TPSA) is 45.2 Å². The van der Waals surface area contributed by atoms with Gasteiger partial charge < -0.3 is 10.2 Å². The monoisotopic (exact) mass is 431 g/mol. The average molecular weight is 432 g/mol. The van der Waals surface area contributed by atoms with Gasteiger partial charge in [0.15, 0.2) is 5.13 Å². The molecular formula is C21H19Cl2N3OS. The van der Waals surface area contributed by atoms with Gasteiger partial charge in [0.05, 0.1) is 17.3 Å². The van der Waals surface area contributed by atoms with Gasteiger partial charge >= 0.3 is 0 Å². The Balaban J connectivity index is 1.45. The highest BCUT2D eigenvalue weighted by atomic mass is 35.5. The van der Waals surface area contributed by atoms with Gasteiger partial charge in [0.1, 0.15) is 0 Å². The lowest BCUT2D eigenvalue weighted by Crippen LogP contribution is -2.36. The zero-order chi connectivity index (χ0) is 19.7. The number of aryl methyl sites for hydroxylation is 2. The molecule has 0 aliphatic carbocycles. The maximum atomic E-state index is 12.6. The Labute approximate surface area is 178 Å². The molecule has 2 heterocycles. The molecule has 3 aromatic rings. The van der Waals surface area contributed by atoms with Crippen LogP contribution in [0.25, 0.3) is 11.3 Å². The van der Waals surface area contributed by atoms with Crippen LogP contribution in [0.2, 0.25) is 10.0 Å². The van der Waals surface area contributed by atoms with Crippen molar-refractivity contribution in [3.05, 3.63) is 63.0 Å². The zero-order valence-electron chi connectivity index (χ0n) is 15.3. The SMILES string of the molecule is Cc1ccc2c(c1)CCCN2CC(=O)Nc1nc(-c2ccc(Cl)cc2Cl)cs1. The van der Waals surface area contributed by atoms with E-state index in [1.807, 2.05) is 11.4 Å². The summed E-state index contributed by atoms with van der Waals surface area (Å²) in [6.45, 7) is 3.29. The summed E-state index contributed by atoms with van der Waals surface area (Å²) in [5, 5.41) is 6.47. The molecule has 144 valence electrons. The Kier molecular flexibility index (Phi) is 5.58. The second-order valence-electron chi connectivity index (χ2n) is 6.87. The van der Waals surface area contributed by atoms with Gasteiger partial charge in [-0.1, -0.05) is 40.9 Å². The van der Waals surface area contributed by atoms with Crippen molar-refractivity contribution in [1.29, 1.82) is 0 Å². The van der Waals surface area contributed by atoms with Gasteiger partial charge in [0.25, 0.3) is 0 Å². The predicted molar refractivity (Wildman–Crippen MR) is 118 cm³/mol. The number of rotatable bonds is 4. The minimum atomic E-state index is -0.0727. The Morgan fingerprint density at radius 2 is 2.11 bits per heavy atom. The van der Waals surface area contributed by atoms with E-state index in [4.69, 9.17) is 23.2 Å². The lowest BCUT2D eigenvalue weighted by molar-refractivity contribution is -0.115. The first-order valence-corrected chi connectivity index (χ1v) is 10.7. The summed E-state index contributed by atoms with van der Waals surface area (Å²) >= 11 is 13.6. The van der Waals surface area contributed by atoms with E-state index in [0.717, 1.165) is 36.3 Å². The lowest BCUT2D eigenvalue weighted by atomic mass is 9.99. The third kappa shape index (κ3) is 4.17. The molecule has 0 unspecified atom stereocenters. The van der Waals surface area contributed by atoms with Gasteiger partial charge in [0, 0.05) is 28.2 Å². The van der Waals surface area contributed by atoms with Gasteiger partial charge in [0.2, 0.25) is 5.91 Å². The predicted octanol–water partition coefficient (Wildman–Crippen LogP) is 5.82. The smallest absolute Gasteiger partial charge is 0.245 e. The van der Waals surface area contributed by atoms with Crippen LogP contribution in [0.4, 0.5) is 10.8 Å². The second kappa shape index (κ2) is 8.11. The summed E-state index contributed by atoms with van der Waals surface area (Å²) in [5.41, 5.74) is 5.23. The first kappa shape index (κ1) is 19.2. The van der Waals surface area contributed by atoms with E-state index < -0.39 is 0 Å². The van der Waals surface area contributed by atoms with Crippen molar-refractivity contribution in [3.63, 3.8) is 0 Å². The normalized spacial score (nSPS) is 13.3. The molecule has 0 saturated heterocycles. The third-order valence-electron chi connectivity index (χ3n) is 4.74. The van der Waals surface area contributed by atoms with Gasteiger partial charge in [-0.05, 0) is 49.6 Å². The summed E-state index contributed by atoms with van der Waals surface area (Å²) in [6, 6.07) is 11.7. The largest absolute Gasteiger partial charge is 0.362 e. The second-order valence-corrected chi connectivity index (χ2v) is 8.57. The fourth-order valence-corrected chi connectivity index (χ4v) is 4.68. The molecule has 1 N–H and O–H groups in total. The molecule has 0 atom stereocenters. The average Bonchev–Trinajstić information content (AvgIpc) is 3.09. The summed E-state index contributed by atoms with van der Waals surface area (Å²) in [4.78, 5) is 19.2. The number of hydrogen-bond acceptors (Lipinski definition) is 4. The standard InChI is InChI=1S/C21H19Cl2N3OS/c1-13-4-7-19-14(9-13)3-2-8-26(19)11-20(27)25-21-24-18(12-28-21)16-6-5-15(22)10-17(16)23/h4-7,9-10,12H,2-3,8,11H2,1H3,(H,24,25,27). The molecule has 0 spiro atoms. The third-order valence-corrected chi connectivity index (χ3v) is 6.05. The molecule has 2 aromatic carbocycles. The Morgan fingerprint density at radius 3 is 2.93 bits per heavy atom. The number of carbonyl (C=O) groups is 1. The molecule has 1 aliphatic rings. The Bertz CT molecular complexity index is 1030. The molecule has 7 heteroatoms. The van der Waals surface area contributed by atoms with Crippen molar-refractivity contribution < 1.29 is 4.79 Å². The van der Waals surface area contributed by atoms with Crippen molar-refractivity contribution in [2.45, 2.75) is 19.8 Å². The van der Waals surface area contributed by atoms with Crippen molar-refractivity contribution in [2.24, 2.45) is 0 Å². The van der Waals surface area contributed by atoms with E-state index in [9.17, 15) is 4.79 Å². The number of anilines is 2. The van der Waals surface area contributed by atoms with E-state index in [1.165, 1.54) is 22.5 Å². The first-order chi connectivity index (χ1) is 13.5. The highest BCUT2D eigenvalue weighted by Crippen LogP contribution is 2.32. The fraction of sp³-hybridized carbons (Fsp3) is 0.238. The van der Waals surface area contributed by atoms with Crippen LogP contribution in [-0.2, 0) is 11.2 Å². The van der Waals surface area contributed by atoms with Crippen LogP contribution in [-0.4, -0.2) is 24.0 Å². The highest BCUT2D eigenvalue weighted by molar-refractivity contribution is 7.14. The van der Waals surface area contributed by atoms with E-state index in [0.29, 0.717) is 21.7 Å². The number of nitrogens with one attached hydrogen (secondary N) is 1. The Morgan fingerprint density at radius 1 is 1.25 bits per heavy atom. The zero-order valence-corrected chi connectivity index (χ0v) is 17.7. The minimum Gasteiger partial charge on any atom is -0.362 e. The molecule has 1 amide bonds. The van der Waals surface area contributed by atoms with Crippen LogP contribution in [0.3, 0.4) is 0 Å². The van der Waals surface area contributed by atoms with E-state index in [1.54, 1.807) is 12.1 Å². The van der Waals surface area contributed by atoms with Crippen molar-refractivity contribution in [3.8, 4) is 11.3 Å². The van der Waals surface area contributed by atoms with Gasteiger partial charge in [-0.3, -0.25) is 4.79 Å². The number of benzene rings is 2. The molecular weight excluding hydrogens is 413 g/mol. The quantitative estimate of drug-likeness (QED) is 0.565. The van der Waals surface area contributed by atoms with Crippen LogP contribution >= 0.6 is 34.5 Å². The number of thiazole rings is 1. The maximum Gasteiger partial charge on any atom is 0.245 e. The molecule has 0 fully saturated rings. The molecule has 4 nitrogen and oxygen atoms in total. The molecule has 1 aliphatic heterocycles. The number of aromatic nitrogens is 1. The van der Waals surface area contributed by atoms with Crippen molar-refractivity contribution in [2.75, 3.05) is 23.3 Å².